The van der Waals surface area contributed by atoms with Crippen molar-refractivity contribution in [3.05, 3.63) is 54.5 Å². The first-order valence-corrected chi connectivity index (χ1v) is 8.39. The Morgan fingerprint density at radius 2 is 2.04 bits per heavy atom. The Bertz CT molecular complexity index is 1100. The number of rotatable bonds is 2. The quantitative estimate of drug-likeness (QED) is 0.497. The summed E-state index contributed by atoms with van der Waals surface area (Å²) in [6.07, 6.45) is 7.94. The summed E-state index contributed by atoms with van der Waals surface area (Å²) < 4.78 is 9.74. The molecule has 0 radical (unpaired) electrons. The predicted octanol–water partition coefficient (Wildman–Crippen LogP) is 3.02. The van der Waals surface area contributed by atoms with E-state index < -0.39 is 0 Å². The van der Waals surface area contributed by atoms with Crippen LogP contribution in [0.5, 0.6) is 0 Å². The zero-order chi connectivity index (χ0) is 16.4. The van der Waals surface area contributed by atoms with Gasteiger partial charge in [-0.1, -0.05) is 17.3 Å². The maximum Gasteiger partial charge on any atom is 0.278 e. The van der Waals surface area contributed by atoms with Crippen molar-refractivity contribution in [1.82, 2.24) is 29.2 Å². The second-order valence-corrected chi connectivity index (χ2v) is 6.54. The molecule has 7 heteroatoms. The third kappa shape index (κ3) is 1.86. The van der Waals surface area contributed by atoms with Crippen LogP contribution in [0.3, 0.4) is 0 Å². The molecule has 0 bridgehead atoms. The number of nitrogens with zero attached hydrogens (tertiary/aromatic N) is 6. The van der Waals surface area contributed by atoms with E-state index in [9.17, 15) is 0 Å². The lowest BCUT2D eigenvalue weighted by atomic mass is 10.1. The van der Waals surface area contributed by atoms with Crippen molar-refractivity contribution in [2.75, 3.05) is 0 Å². The fourth-order valence-electron chi connectivity index (χ4n) is 3.46. The van der Waals surface area contributed by atoms with E-state index in [1.165, 1.54) is 0 Å². The van der Waals surface area contributed by atoms with Gasteiger partial charge < -0.3 is 9.09 Å². The summed E-state index contributed by atoms with van der Waals surface area (Å²) in [5.41, 5.74) is 3.91. The number of para-hydroxylation sites is 1. The normalized spacial score (nSPS) is 15.4. The standard InChI is InChI=1S/C18H14N6O/c1-2-4-13-12(3-1)17-19-7-8-23(17)9-14-15(20-10-24(13)14)18-21-16(22-25-18)11-5-6-11/h1-4,7-8,10-11H,5-6,9H2. The van der Waals surface area contributed by atoms with Crippen molar-refractivity contribution in [3.8, 4) is 28.7 Å². The number of benzene rings is 1. The third-order valence-corrected chi connectivity index (χ3v) is 4.89. The highest BCUT2D eigenvalue weighted by Crippen LogP contribution is 2.39. The van der Waals surface area contributed by atoms with Crippen molar-refractivity contribution < 1.29 is 4.52 Å². The molecule has 1 aliphatic heterocycles. The van der Waals surface area contributed by atoms with Gasteiger partial charge >= 0.3 is 0 Å². The van der Waals surface area contributed by atoms with Gasteiger partial charge in [0.05, 0.1) is 17.9 Å². The molecule has 0 spiro atoms. The zero-order valence-corrected chi connectivity index (χ0v) is 13.3. The first-order chi connectivity index (χ1) is 12.4. The van der Waals surface area contributed by atoms with Crippen LogP contribution in [-0.2, 0) is 6.54 Å². The molecular weight excluding hydrogens is 316 g/mol. The fourth-order valence-corrected chi connectivity index (χ4v) is 3.46. The topological polar surface area (TPSA) is 74.6 Å². The van der Waals surface area contributed by atoms with Gasteiger partial charge in [-0.3, -0.25) is 4.57 Å². The second-order valence-electron chi connectivity index (χ2n) is 6.54. The Morgan fingerprint density at radius 1 is 1.12 bits per heavy atom. The molecule has 122 valence electrons. The van der Waals surface area contributed by atoms with Gasteiger partial charge in [0.1, 0.15) is 12.2 Å². The molecule has 4 heterocycles. The highest BCUT2D eigenvalue weighted by Gasteiger charge is 2.31. The van der Waals surface area contributed by atoms with Gasteiger partial charge in [0, 0.05) is 23.9 Å². The SMILES string of the molecule is c1ccc2c(c1)-c1nccn1Cc1c(-c3nc(C4CC4)no3)ncn1-2. The van der Waals surface area contributed by atoms with Crippen molar-refractivity contribution in [3.63, 3.8) is 0 Å². The molecule has 7 nitrogen and oxygen atoms in total. The molecule has 0 unspecified atom stereocenters. The van der Waals surface area contributed by atoms with E-state index >= 15 is 0 Å². The van der Waals surface area contributed by atoms with Crippen molar-refractivity contribution in [2.24, 2.45) is 0 Å². The minimum Gasteiger partial charge on any atom is -0.332 e. The lowest BCUT2D eigenvalue weighted by Gasteiger charge is -2.07. The number of imidazole rings is 2. The molecule has 2 aliphatic rings. The number of fused-ring (bicyclic) bond motifs is 5. The molecule has 6 rings (SSSR count). The van der Waals surface area contributed by atoms with Crippen LogP contribution in [0.2, 0.25) is 0 Å². The second kappa shape index (κ2) is 4.66. The zero-order valence-electron chi connectivity index (χ0n) is 13.3. The molecule has 1 fully saturated rings. The Morgan fingerprint density at radius 3 is 2.96 bits per heavy atom. The van der Waals surface area contributed by atoms with Crippen LogP contribution in [-0.4, -0.2) is 29.2 Å². The smallest absolute Gasteiger partial charge is 0.278 e. The Labute approximate surface area is 143 Å². The van der Waals surface area contributed by atoms with Crippen molar-refractivity contribution >= 4 is 0 Å². The summed E-state index contributed by atoms with van der Waals surface area (Å²) in [5.74, 6) is 2.71. The first-order valence-electron chi connectivity index (χ1n) is 8.39. The van der Waals surface area contributed by atoms with Crippen LogP contribution < -0.4 is 0 Å². The van der Waals surface area contributed by atoms with Gasteiger partial charge in [0.15, 0.2) is 11.5 Å². The van der Waals surface area contributed by atoms with Crippen LogP contribution in [0.15, 0.2) is 47.5 Å². The molecule has 25 heavy (non-hydrogen) atoms. The van der Waals surface area contributed by atoms with Crippen LogP contribution >= 0.6 is 0 Å². The van der Waals surface area contributed by atoms with E-state index in [1.807, 2.05) is 30.9 Å². The van der Waals surface area contributed by atoms with E-state index in [0.717, 1.165) is 47.1 Å². The number of hydrogen-bond acceptors (Lipinski definition) is 5. The van der Waals surface area contributed by atoms with Gasteiger partial charge in [0.25, 0.3) is 5.89 Å². The predicted molar refractivity (Wildman–Crippen MR) is 89.2 cm³/mol. The Kier molecular flexibility index (Phi) is 2.44. The van der Waals surface area contributed by atoms with Gasteiger partial charge in [-0.15, -0.1) is 0 Å². The summed E-state index contributed by atoms with van der Waals surface area (Å²) in [4.78, 5) is 13.7. The van der Waals surface area contributed by atoms with E-state index in [4.69, 9.17) is 4.52 Å². The highest BCUT2D eigenvalue weighted by atomic mass is 16.5. The molecule has 1 saturated carbocycles. The molecule has 1 aromatic carbocycles. The lowest BCUT2D eigenvalue weighted by Crippen LogP contribution is -2.03. The van der Waals surface area contributed by atoms with E-state index in [0.29, 0.717) is 18.4 Å². The van der Waals surface area contributed by atoms with E-state index in [2.05, 4.69) is 41.4 Å². The van der Waals surface area contributed by atoms with Gasteiger partial charge in [0.2, 0.25) is 0 Å². The fraction of sp³-hybridized carbons (Fsp3) is 0.222. The van der Waals surface area contributed by atoms with Crippen LogP contribution in [0.25, 0.3) is 28.7 Å². The van der Waals surface area contributed by atoms with Crippen LogP contribution in [0.4, 0.5) is 0 Å². The van der Waals surface area contributed by atoms with Gasteiger partial charge in [-0.25, -0.2) is 9.97 Å². The monoisotopic (exact) mass is 330 g/mol. The number of aromatic nitrogens is 6. The Balaban J connectivity index is 1.57. The molecule has 0 N–H and O–H groups in total. The Hall–Kier alpha value is -3.22. The third-order valence-electron chi connectivity index (χ3n) is 4.89. The summed E-state index contributed by atoms with van der Waals surface area (Å²) >= 11 is 0. The maximum atomic E-state index is 5.51. The average molecular weight is 330 g/mol. The molecule has 4 aromatic rings. The minimum absolute atomic E-state index is 0.458. The molecule has 0 amide bonds. The summed E-state index contributed by atoms with van der Waals surface area (Å²) in [5, 5.41) is 4.13. The molecule has 3 aromatic heterocycles. The first kappa shape index (κ1) is 13.1. The average Bonchev–Trinajstić information content (AvgIpc) is 3.07. The van der Waals surface area contributed by atoms with Crippen LogP contribution in [0, 0.1) is 0 Å². The molecule has 1 aliphatic carbocycles. The van der Waals surface area contributed by atoms with Gasteiger partial charge in [-0.05, 0) is 25.0 Å². The minimum atomic E-state index is 0.458. The van der Waals surface area contributed by atoms with E-state index in [1.54, 1.807) is 0 Å². The molecule has 0 saturated heterocycles. The lowest BCUT2D eigenvalue weighted by molar-refractivity contribution is 0.421. The van der Waals surface area contributed by atoms with Crippen molar-refractivity contribution in [2.45, 2.75) is 25.3 Å². The van der Waals surface area contributed by atoms with Gasteiger partial charge in [-0.2, -0.15) is 4.98 Å². The maximum absolute atomic E-state index is 5.51. The molecule has 0 atom stereocenters. The van der Waals surface area contributed by atoms with Crippen LogP contribution in [0.1, 0.15) is 30.3 Å². The summed E-state index contributed by atoms with van der Waals surface area (Å²) in [6.45, 7) is 0.653. The van der Waals surface area contributed by atoms with E-state index in [-0.39, 0.29) is 0 Å². The largest absolute Gasteiger partial charge is 0.332 e. The van der Waals surface area contributed by atoms with Crippen molar-refractivity contribution in [1.29, 1.82) is 0 Å². The summed E-state index contributed by atoms with van der Waals surface area (Å²) in [6, 6.07) is 8.22. The highest BCUT2D eigenvalue weighted by molar-refractivity contribution is 5.70. The summed E-state index contributed by atoms with van der Waals surface area (Å²) in [7, 11) is 0. The number of hydrogen-bond donors (Lipinski definition) is 0. The molecular formula is C18H14N6O.